The summed E-state index contributed by atoms with van der Waals surface area (Å²) in [7, 11) is 1.58. The van der Waals surface area contributed by atoms with Gasteiger partial charge in [-0.25, -0.2) is 4.79 Å². The van der Waals surface area contributed by atoms with E-state index in [4.69, 9.17) is 14.2 Å². The summed E-state index contributed by atoms with van der Waals surface area (Å²) in [5, 5.41) is 2.94. The summed E-state index contributed by atoms with van der Waals surface area (Å²) >= 11 is 0. The summed E-state index contributed by atoms with van der Waals surface area (Å²) in [5.41, 5.74) is -0.142. The fourth-order valence-corrected chi connectivity index (χ4v) is 3.42. The van der Waals surface area contributed by atoms with Crippen molar-refractivity contribution in [2.45, 2.75) is 73.0 Å². The number of benzene rings is 1. The number of anilines is 1. The van der Waals surface area contributed by atoms with Crippen LogP contribution >= 0.6 is 0 Å². The number of nitrogens with one attached hydrogen (secondary N) is 1. The van der Waals surface area contributed by atoms with Gasteiger partial charge in [-0.1, -0.05) is 27.7 Å². The molecule has 0 aliphatic rings. The summed E-state index contributed by atoms with van der Waals surface area (Å²) in [4.78, 5) is 25.6. The molecule has 1 N–H and O–H groups in total. The number of rotatable bonds is 11. The van der Waals surface area contributed by atoms with Crippen LogP contribution in [0.3, 0.4) is 0 Å². The standard InChI is InChI=1S/C23H37NO5/c1-9-28-21(25)19-12-18(10-11-20(19)29-17(6)7)24-22(26)23(27-8,13-15(2)3)14-16(4)5/h10-12,15-17H,9,13-14H2,1-8H3,(H,24,26). The zero-order valence-electron chi connectivity index (χ0n) is 19.1. The second-order valence-electron chi connectivity index (χ2n) is 8.45. The minimum absolute atomic E-state index is 0.0955. The van der Waals surface area contributed by atoms with Crippen molar-refractivity contribution in [3.05, 3.63) is 23.8 Å². The molecule has 0 atom stereocenters. The first-order chi connectivity index (χ1) is 13.5. The van der Waals surface area contributed by atoms with Crippen LogP contribution < -0.4 is 10.1 Å². The van der Waals surface area contributed by atoms with E-state index in [0.29, 0.717) is 24.3 Å². The van der Waals surface area contributed by atoms with Crippen molar-refractivity contribution in [2.75, 3.05) is 19.0 Å². The van der Waals surface area contributed by atoms with E-state index < -0.39 is 11.6 Å². The van der Waals surface area contributed by atoms with Crippen LogP contribution in [0.5, 0.6) is 5.75 Å². The summed E-state index contributed by atoms with van der Waals surface area (Å²) in [6.45, 7) is 14.0. The highest BCUT2D eigenvalue weighted by atomic mass is 16.5. The molecule has 0 aromatic heterocycles. The summed E-state index contributed by atoms with van der Waals surface area (Å²) in [5.74, 6) is 0.308. The molecule has 0 saturated carbocycles. The summed E-state index contributed by atoms with van der Waals surface area (Å²) in [6, 6.07) is 5.00. The van der Waals surface area contributed by atoms with Gasteiger partial charge in [0.2, 0.25) is 0 Å². The Labute approximate surface area is 175 Å². The molecule has 0 unspecified atom stereocenters. The molecule has 6 nitrogen and oxygen atoms in total. The first-order valence-corrected chi connectivity index (χ1v) is 10.4. The van der Waals surface area contributed by atoms with Crippen molar-refractivity contribution in [3.63, 3.8) is 0 Å². The third-order valence-electron chi connectivity index (χ3n) is 4.38. The van der Waals surface area contributed by atoms with Crippen molar-refractivity contribution in [1.82, 2.24) is 0 Å². The van der Waals surface area contributed by atoms with Crippen molar-refractivity contribution < 1.29 is 23.8 Å². The molecule has 0 bridgehead atoms. The lowest BCUT2D eigenvalue weighted by Crippen LogP contribution is -2.47. The number of amides is 1. The maximum Gasteiger partial charge on any atom is 0.341 e. The lowest BCUT2D eigenvalue weighted by Gasteiger charge is -2.34. The van der Waals surface area contributed by atoms with Crippen molar-refractivity contribution >= 4 is 17.6 Å². The second kappa shape index (κ2) is 11.2. The Morgan fingerprint density at radius 2 is 1.62 bits per heavy atom. The fourth-order valence-electron chi connectivity index (χ4n) is 3.42. The number of hydrogen-bond donors (Lipinski definition) is 1. The molecule has 1 amide bonds. The monoisotopic (exact) mass is 407 g/mol. The van der Waals surface area contributed by atoms with Crippen LogP contribution in [0.15, 0.2) is 18.2 Å². The quantitative estimate of drug-likeness (QED) is 0.519. The largest absolute Gasteiger partial charge is 0.490 e. The predicted molar refractivity (Wildman–Crippen MR) is 115 cm³/mol. The molecule has 0 radical (unpaired) electrons. The van der Waals surface area contributed by atoms with E-state index >= 15 is 0 Å². The zero-order valence-corrected chi connectivity index (χ0v) is 19.1. The molecule has 1 rings (SSSR count). The molecule has 0 spiro atoms. The third kappa shape index (κ3) is 7.35. The van der Waals surface area contributed by atoms with E-state index in [1.54, 1.807) is 32.2 Å². The van der Waals surface area contributed by atoms with E-state index in [-0.39, 0.29) is 36.0 Å². The van der Waals surface area contributed by atoms with Gasteiger partial charge < -0.3 is 19.5 Å². The van der Waals surface area contributed by atoms with Crippen molar-refractivity contribution in [2.24, 2.45) is 11.8 Å². The topological polar surface area (TPSA) is 73.9 Å². The molecule has 0 fully saturated rings. The Morgan fingerprint density at radius 3 is 2.07 bits per heavy atom. The number of hydrogen-bond acceptors (Lipinski definition) is 5. The van der Waals surface area contributed by atoms with E-state index in [2.05, 4.69) is 33.0 Å². The van der Waals surface area contributed by atoms with Crippen LogP contribution in [0.2, 0.25) is 0 Å². The lowest BCUT2D eigenvalue weighted by molar-refractivity contribution is -0.142. The Kier molecular flexibility index (Phi) is 9.63. The van der Waals surface area contributed by atoms with Crippen LogP contribution in [0.25, 0.3) is 0 Å². The van der Waals surface area contributed by atoms with E-state index in [9.17, 15) is 9.59 Å². The van der Waals surface area contributed by atoms with Gasteiger partial charge in [-0.2, -0.15) is 0 Å². The minimum atomic E-state index is -0.931. The Morgan fingerprint density at radius 1 is 1.03 bits per heavy atom. The number of carbonyl (C=O) groups is 2. The average Bonchev–Trinajstić information content (AvgIpc) is 2.61. The average molecular weight is 408 g/mol. The number of methoxy groups -OCH3 is 1. The van der Waals surface area contributed by atoms with Crippen LogP contribution in [0, 0.1) is 11.8 Å². The van der Waals surface area contributed by atoms with E-state index in [0.717, 1.165) is 0 Å². The summed E-state index contributed by atoms with van der Waals surface area (Å²) in [6.07, 6.45) is 1.11. The van der Waals surface area contributed by atoms with Gasteiger partial charge in [0.05, 0.1) is 12.7 Å². The van der Waals surface area contributed by atoms with Crippen LogP contribution in [-0.4, -0.2) is 37.3 Å². The van der Waals surface area contributed by atoms with Gasteiger partial charge >= 0.3 is 5.97 Å². The highest BCUT2D eigenvalue weighted by Crippen LogP contribution is 2.31. The van der Waals surface area contributed by atoms with Gasteiger partial charge in [0, 0.05) is 12.8 Å². The van der Waals surface area contributed by atoms with Gasteiger partial charge in [-0.3, -0.25) is 4.79 Å². The number of ether oxygens (including phenoxy) is 3. The zero-order chi connectivity index (χ0) is 22.2. The van der Waals surface area contributed by atoms with Gasteiger partial charge in [0.25, 0.3) is 5.91 Å². The van der Waals surface area contributed by atoms with Gasteiger partial charge in [-0.05, 0) is 63.6 Å². The molecule has 0 aliphatic carbocycles. The molecule has 0 aliphatic heterocycles. The third-order valence-corrected chi connectivity index (χ3v) is 4.38. The summed E-state index contributed by atoms with van der Waals surface area (Å²) < 4.78 is 16.6. The number of carbonyl (C=O) groups excluding carboxylic acids is 2. The molecule has 1 aromatic rings. The van der Waals surface area contributed by atoms with Crippen molar-refractivity contribution in [3.8, 4) is 5.75 Å². The predicted octanol–water partition coefficient (Wildman–Crippen LogP) is 5.07. The first-order valence-electron chi connectivity index (χ1n) is 10.4. The van der Waals surface area contributed by atoms with Crippen molar-refractivity contribution in [1.29, 1.82) is 0 Å². The lowest BCUT2D eigenvalue weighted by atomic mass is 9.84. The highest BCUT2D eigenvalue weighted by molar-refractivity contribution is 5.99. The van der Waals surface area contributed by atoms with Crippen LogP contribution in [-0.2, 0) is 14.3 Å². The Balaban J connectivity index is 3.23. The minimum Gasteiger partial charge on any atom is -0.490 e. The molecule has 1 aromatic carbocycles. The molecule has 164 valence electrons. The van der Waals surface area contributed by atoms with Gasteiger partial charge in [-0.15, -0.1) is 0 Å². The normalized spacial score (nSPS) is 11.8. The maximum atomic E-state index is 13.2. The fraction of sp³-hybridized carbons (Fsp3) is 0.652. The molecule has 29 heavy (non-hydrogen) atoms. The first kappa shape index (κ1) is 25.0. The van der Waals surface area contributed by atoms with E-state index in [1.807, 2.05) is 13.8 Å². The highest BCUT2D eigenvalue weighted by Gasteiger charge is 2.39. The molecular weight excluding hydrogens is 370 g/mol. The van der Waals surface area contributed by atoms with Gasteiger partial charge in [0.15, 0.2) is 0 Å². The molecular formula is C23H37NO5. The molecule has 0 heterocycles. The molecule has 0 saturated heterocycles. The smallest absolute Gasteiger partial charge is 0.341 e. The Hall–Kier alpha value is -2.08. The van der Waals surface area contributed by atoms with E-state index in [1.165, 1.54) is 0 Å². The van der Waals surface area contributed by atoms with Crippen LogP contribution in [0.4, 0.5) is 5.69 Å². The Bertz CT molecular complexity index is 672. The SMILES string of the molecule is CCOC(=O)c1cc(NC(=O)C(CC(C)C)(CC(C)C)OC)ccc1OC(C)C. The van der Waals surface area contributed by atoms with Gasteiger partial charge in [0.1, 0.15) is 16.9 Å². The molecule has 6 heteroatoms. The van der Waals surface area contributed by atoms with Crippen LogP contribution in [0.1, 0.15) is 71.7 Å². The second-order valence-corrected chi connectivity index (χ2v) is 8.45. The maximum absolute atomic E-state index is 13.2. The number of esters is 1.